The van der Waals surface area contributed by atoms with E-state index in [0.717, 1.165) is 6.07 Å². The summed E-state index contributed by atoms with van der Waals surface area (Å²) in [5, 5.41) is 11.7. The molecule has 19 heavy (non-hydrogen) atoms. The van der Waals surface area contributed by atoms with Crippen LogP contribution in [0.25, 0.3) is 0 Å². The lowest BCUT2D eigenvalue weighted by Crippen LogP contribution is -2.38. The van der Waals surface area contributed by atoms with Crippen molar-refractivity contribution in [1.82, 2.24) is 4.90 Å². The molecular weight excluding hydrogens is 319 g/mol. The maximum absolute atomic E-state index is 13.1. The molecule has 1 aromatic carbocycles. The molecule has 1 fully saturated rings. The van der Waals surface area contributed by atoms with Gasteiger partial charge in [-0.2, -0.15) is 0 Å². The van der Waals surface area contributed by atoms with Gasteiger partial charge in [0.1, 0.15) is 5.82 Å². The summed E-state index contributed by atoms with van der Waals surface area (Å²) in [6.07, 6.45) is -0.125. The molecule has 1 aliphatic rings. The average molecular weight is 331 g/mol. The zero-order chi connectivity index (χ0) is 14.0. The van der Waals surface area contributed by atoms with E-state index < -0.39 is 23.7 Å². The molecule has 1 saturated heterocycles. The molecule has 0 saturated carbocycles. The first-order valence-corrected chi connectivity index (χ1v) is 6.50. The molecule has 2 rings (SSSR count). The molecule has 1 aliphatic heterocycles. The normalized spacial score (nSPS) is 18.5. The van der Waals surface area contributed by atoms with Gasteiger partial charge in [-0.3, -0.25) is 9.59 Å². The Kier molecular flexibility index (Phi) is 4.16. The number of hydrogen-bond acceptors (Lipinski definition) is 3. The number of likely N-dealkylation sites (tertiary alicyclic amines) is 1. The fourth-order valence-corrected chi connectivity index (χ4v) is 2.18. The summed E-state index contributed by atoms with van der Waals surface area (Å²) >= 11 is 3.15. The first-order valence-electron chi connectivity index (χ1n) is 5.71. The fraction of sp³-hybridized carbons (Fsp3) is 0.333. The van der Waals surface area contributed by atoms with Crippen LogP contribution in [0.15, 0.2) is 22.7 Å². The molecule has 0 aromatic heterocycles. The van der Waals surface area contributed by atoms with Crippen LogP contribution in [0.5, 0.6) is 0 Å². The topological polar surface area (TPSA) is 69.6 Å². The van der Waals surface area contributed by atoms with Gasteiger partial charge in [-0.05, 0) is 40.5 Å². The second kappa shape index (κ2) is 5.66. The number of carbonyl (C=O) groups is 2. The van der Waals surface area contributed by atoms with Gasteiger partial charge in [-0.15, -0.1) is 0 Å². The van der Waals surface area contributed by atoms with E-state index in [4.69, 9.17) is 0 Å². The standard InChI is InChI=1S/C12H12BrFN2O3/c13-9-2-1-7(14)5-10(9)15-11(18)12(19)16-4-3-8(17)6-16/h1-2,5,8,17H,3-4,6H2,(H,15,18)/t8-/m1/s1. The molecule has 2 amide bonds. The number of anilines is 1. The minimum atomic E-state index is -0.847. The molecule has 2 N–H and O–H groups in total. The molecule has 1 heterocycles. The second-order valence-corrected chi connectivity index (χ2v) is 5.13. The largest absolute Gasteiger partial charge is 0.391 e. The number of halogens is 2. The Bertz CT molecular complexity index is 524. The summed E-state index contributed by atoms with van der Waals surface area (Å²) in [7, 11) is 0. The van der Waals surface area contributed by atoms with Crippen molar-refractivity contribution in [3.63, 3.8) is 0 Å². The Morgan fingerprint density at radius 1 is 1.47 bits per heavy atom. The van der Waals surface area contributed by atoms with E-state index in [0.29, 0.717) is 17.4 Å². The van der Waals surface area contributed by atoms with E-state index in [-0.39, 0.29) is 12.2 Å². The van der Waals surface area contributed by atoms with Gasteiger partial charge in [0.25, 0.3) is 0 Å². The Balaban J connectivity index is 2.04. The molecular formula is C12H12BrFN2O3. The molecule has 0 spiro atoms. The van der Waals surface area contributed by atoms with Gasteiger partial charge in [-0.1, -0.05) is 0 Å². The highest BCUT2D eigenvalue weighted by Crippen LogP contribution is 2.23. The van der Waals surface area contributed by atoms with Crippen LogP contribution in [0.2, 0.25) is 0 Å². The van der Waals surface area contributed by atoms with Crippen molar-refractivity contribution >= 4 is 33.4 Å². The third-order valence-electron chi connectivity index (χ3n) is 2.82. The number of carbonyl (C=O) groups excluding carboxylic acids is 2. The molecule has 1 aromatic rings. The lowest BCUT2D eigenvalue weighted by Gasteiger charge is -2.15. The summed E-state index contributed by atoms with van der Waals surface area (Å²) in [5.74, 6) is -2.09. The minimum Gasteiger partial charge on any atom is -0.391 e. The molecule has 0 unspecified atom stereocenters. The van der Waals surface area contributed by atoms with Crippen LogP contribution in [-0.4, -0.2) is 41.0 Å². The molecule has 102 valence electrons. The van der Waals surface area contributed by atoms with Gasteiger partial charge in [0.05, 0.1) is 11.8 Å². The van der Waals surface area contributed by atoms with Gasteiger partial charge in [0.2, 0.25) is 0 Å². The monoisotopic (exact) mass is 330 g/mol. The molecule has 7 heteroatoms. The van der Waals surface area contributed by atoms with Crippen LogP contribution >= 0.6 is 15.9 Å². The van der Waals surface area contributed by atoms with E-state index in [2.05, 4.69) is 21.2 Å². The number of nitrogens with one attached hydrogen (secondary N) is 1. The smallest absolute Gasteiger partial charge is 0.313 e. The molecule has 0 bridgehead atoms. The van der Waals surface area contributed by atoms with Crippen molar-refractivity contribution in [2.45, 2.75) is 12.5 Å². The summed E-state index contributed by atoms with van der Waals surface area (Å²) < 4.78 is 13.5. The van der Waals surface area contributed by atoms with Crippen molar-refractivity contribution in [3.05, 3.63) is 28.5 Å². The number of amides is 2. The maximum atomic E-state index is 13.1. The van der Waals surface area contributed by atoms with Gasteiger partial charge in [0.15, 0.2) is 0 Å². The minimum absolute atomic E-state index is 0.149. The van der Waals surface area contributed by atoms with Crippen LogP contribution in [-0.2, 0) is 9.59 Å². The summed E-state index contributed by atoms with van der Waals surface area (Å²) in [6.45, 7) is 0.494. The van der Waals surface area contributed by atoms with Crippen LogP contribution in [0.4, 0.5) is 10.1 Å². The maximum Gasteiger partial charge on any atom is 0.313 e. The highest BCUT2D eigenvalue weighted by molar-refractivity contribution is 9.10. The summed E-state index contributed by atoms with van der Waals surface area (Å²) in [4.78, 5) is 24.8. The lowest BCUT2D eigenvalue weighted by molar-refractivity contribution is -0.142. The highest BCUT2D eigenvalue weighted by Gasteiger charge is 2.29. The van der Waals surface area contributed by atoms with E-state index in [1.54, 1.807) is 0 Å². The Labute approximate surface area is 117 Å². The predicted octanol–water partition coefficient (Wildman–Crippen LogP) is 1.12. The zero-order valence-electron chi connectivity index (χ0n) is 9.90. The van der Waals surface area contributed by atoms with Gasteiger partial charge < -0.3 is 15.3 Å². The summed E-state index contributed by atoms with van der Waals surface area (Å²) in [6, 6.07) is 3.79. The third-order valence-corrected chi connectivity index (χ3v) is 3.51. The van der Waals surface area contributed by atoms with Crippen LogP contribution < -0.4 is 5.32 Å². The van der Waals surface area contributed by atoms with Crippen LogP contribution in [0, 0.1) is 5.82 Å². The predicted molar refractivity (Wildman–Crippen MR) is 69.9 cm³/mol. The third kappa shape index (κ3) is 3.30. The van der Waals surface area contributed by atoms with Crippen molar-refractivity contribution in [3.8, 4) is 0 Å². The van der Waals surface area contributed by atoms with E-state index in [9.17, 15) is 19.1 Å². The van der Waals surface area contributed by atoms with Crippen molar-refractivity contribution in [2.24, 2.45) is 0 Å². The van der Waals surface area contributed by atoms with Gasteiger partial charge >= 0.3 is 11.8 Å². The fourth-order valence-electron chi connectivity index (χ4n) is 1.84. The Morgan fingerprint density at radius 3 is 2.84 bits per heavy atom. The number of aliphatic hydroxyl groups is 1. The SMILES string of the molecule is O=C(Nc1cc(F)ccc1Br)C(=O)N1CC[C@@H](O)C1. The van der Waals surface area contributed by atoms with E-state index in [1.807, 2.05) is 0 Å². The summed E-state index contributed by atoms with van der Waals surface area (Å²) in [5.41, 5.74) is 0.193. The van der Waals surface area contributed by atoms with Crippen LogP contribution in [0.1, 0.15) is 6.42 Å². The number of rotatable bonds is 1. The number of nitrogens with zero attached hydrogens (tertiary/aromatic N) is 1. The zero-order valence-corrected chi connectivity index (χ0v) is 11.5. The van der Waals surface area contributed by atoms with Gasteiger partial charge in [-0.25, -0.2) is 4.39 Å². The van der Waals surface area contributed by atoms with Gasteiger partial charge in [0, 0.05) is 17.6 Å². The molecule has 0 aliphatic carbocycles. The first kappa shape index (κ1) is 14.0. The average Bonchev–Trinajstić information content (AvgIpc) is 2.79. The molecule has 5 nitrogen and oxygen atoms in total. The van der Waals surface area contributed by atoms with Crippen molar-refractivity contribution < 1.29 is 19.1 Å². The van der Waals surface area contributed by atoms with Crippen molar-refractivity contribution in [1.29, 1.82) is 0 Å². The first-order chi connectivity index (χ1) is 8.97. The van der Waals surface area contributed by atoms with E-state index in [1.165, 1.54) is 17.0 Å². The number of aliphatic hydroxyl groups excluding tert-OH is 1. The number of β-amino-alcohol motifs (C(OH)–C–C–N with tert-alkyl or cyclic N) is 1. The van der Waals surface area contributed by atoms with Crippen molar-refractivity contribution in [2.75, 3.05) is 18.4 Å². The van der Waals surface area contributed by atoms with E-state index >= 15 is 0 Å². The second-order valence-electron chi connectivity index (χ2n) is 4.27. The molecule has 1 atom stereocenters. The number of benzene rings is 1. The van der Waals surface area contributed by atoms with Crippen LogP contribution in [0.3, 0.4) is 0 Å². The quantitative estimate of drug-likeness (QED) is 0.758. The Morgan fingerprint density at radius 2 is 2.21 bits per heavy atom. The highest BCUT2D eigenvalue weighted by atomic mass is 79.9. The number of hydrogen-bond donors (Lipinski definition) is 2. The Hall–Kier alpha value is -1.47. The molecule has 0 radical (unpaired) electrons. The lowest BCUT2D eigenvalue weighted by atomic mass is 10.3.